The molecular formula is C8H5BrN2O2. The molecular weight excluding hydrogens is 236 g/mol. The first kappa shape index (κ1) is 9.68. The molecule has 1 rings (SSSR count). The van der Waals surface area contributed by atoms with Crippen molar-refractivity contribution < 1.29 is 4.92 Å². The summed E-state index contributed by atoms with van der Waals surface area (Å²) >= 11 is 3.19. The Hall–Kier alpha value is -1.41. The molecule has 0 unspecified atom stereocenters. The molecule has 0 bridgehead atoms. The Kier molecular flexibility index (Phi) is 2.98. The number of rotatable bonds is 2. The first-order valence-electron chi connectivity index (χ1n) is 3.42. The Balaban J connectivity index is 3.23. The number of hydrogen-bond acceptors (Lipinski definition) is 3. The maximum atomic E-state index is 10.4. The predicted molar refractivity (Wildman–Crippen MR) is 50.4 cm³/mol. The van der Waals surface area contributed by atoms with Gasteiger partial charge in [-0.15, -0.1) is 0 Å². The van der Waals surface area contributed by atoms with Crippen molar-refractivity contribution in [1.29, 1.82) is 5.26 Å². The molecule has 4 nitrogen and oxygen atoms in total. The normalized spacial score (nSPS) is 9.23. The van der Waals surface area contributed by atoms with E-state index in [0.717, 1.165) is 5.56 Å². The number of nitriles is 1. The summed E-state index contributed by atoms with van der Waals surface area (Å²) in [5.41, 5.74) is 1.04. The minimum atomic E-state index is -0.515. The van der Waals surface area contributed by atoms with Gasteiger partial charge in [0.15, 0.2) is 0 Å². The van der Waals surface area contributed by atoms with Crippen LogP contribution in [-0.2, 0) is 5.33 Å². The molecule has 0 aromatic heterocycles. The first-order chi connectivity index (χ1) is 6.19. The van der Waals surface area contributed by atoms with E-state index in [2.05, 4.69) is 15.9 Å². The van der Waals surface area contributed by atoms with Gasteiger partial charge in [0.05, 0.1) is 16.6 Å². The van der Waals surface area contributed by atoms with Crippen molar-refractivity contribution in [2.75, 3.05) is 0 Å². The summed E-state index contributed by atoms with van der Waals surface area (Å²) in [4.78, 5) is 9.84. The van der Waals surface area contributed by atoms with Crippen molar-refractivity contribution in [3.05, 3.63) is 39.4 Å². The summed E-state index contributed by atoms with van der Waals surface area (Å²) in [6.07, 6.45) is 0. The van der Waals surface area contributed by atoms with E-state index in [1.807, 2.05) is 6.07 Å². The Labute approximate surface area is 83.1 Å². The molecule has 5 heteroatoms. The standard InChI is InChI=1S/C8H5BrN2O2/c9-4-6-1-2-8(11(12)13)3-7(6)5-10/h1-3H,4H2. The van der Waals surface area contributed by atoms with Crippen LogP contribution in [0.2, 0.25) is 0 Å². The van der Waals surface area contributed by atoms with Crippen molar-refractivity contribution in [2.24, 2.45) is 0 Å². The van der Waals surface area contributed by atoms with Crippen LogP contribution in [0.5, 0.6) is 0 Å². The molecule has 0 aliphatic heterocycles. The number of nitro benzene ring substituents is 1. The van der Waals surface area contributed by atoms with Crippen LogP contribution in [0.3, 0.4) is 0 Å². The lowest BCUT2D eigenvalue weighted by Gasteiger charge is -1.97. The zero-order valence-corrected chi connectivity index (χ0v) is 8.11. The number of hydrogen-bond donors (Lipinski definition) is 0. The molecule has 1 aromatic rings. The van der Waals surface area contributed by atoms with Crippen molar-refractivity contribution >= 4 is 21.6 Å². The first-order valence-corrected chi connectivity index (χ1v) is 4.54. The highest BCUT2D eigenvalue weighted by atomic mass is 79.9. The Morgan fingerprint density at radius 3 is 2.77 bits per heavy atom. The van der Waals surface area contributed by atoms with Gasteiger partial charge in [-0.3, -0.25) is 10.1 Å². The topological polar surface area (TPSA) is 66.9 Å². The summed E-state index contributed by atoms with van der Waals surface area (Å²) in [6, 6.07) is 6.14. The van der Waals surface area contributed by atoms with E-state index in [4.69, 9.17) is 5.26 Å². The number of halogens is 1. The molecule has 0 radical (unpaired) electrons. The fourth-order valence-electron chi connectivity index (χ4n) is 0.899. The molecule has 0 amide bonds. The van der Waals surface area contributed by atoms with E-state index in [-0.39, 0.29) is 5.69 Å². The fraction of sp³-hybridized carbons (Fsp3) is 0.125. The Bertz CT molecular complexity index is 384. The zero-order valence-electron chi connectivity index (χ0n) is 6.53. The molecule has 0 fully saturated rings. The highest BCUT2D eigenvalue weighted by Gasteiger charge is 2.09. The lowest BCUT2D eigenvalue weighted by atomic mass is 10.1. The second kappa shape index (κ2) is 4.01. The lowest BCUT2D eigenvalue weighted by molar-refractivity contribution is -0.384. The van der Waals surface area contributed by atoms with Gasteiger partial charge in [0.2, 0.25) is 0 Å². The van der Waals surface area contributed by atoms with E-state index in [0.29, 0.717) is 10.9 Å². The average molecular weight is 241 g/mol. The van der Waals surface area contributed by atoms with Gasteiger partial charge in [-0.2, -0.15) is 5.26 Å². The van der Waals surface area contributed by atoms with Gasteiger partial charge in [0, 0.05) is 17.5 Å². The van der Waals surface area contributed by atoms with Crippen molar-refractivity contribution in [1.82, 2.24) is 0 Å². The summed E-state index contributed by atoms with van der Waals surface area (Å²) < 4.78 is 0. The highest BCUT2D eigenvalue weighted by Crippen LogP contribution is 2.18. The zero-order chi connectivity index (χ0) is 9.84. The second-order valence-corrected chi connectivity index (χ2v) is 2.90. The molecule has 0 aliphatic rings. The predicted octanol–water partition coefficient (Wildman–Crippen LogP) is 2.36. The van der Waals surface area contributed by atoms with Crippen LogP contribution in [0.1, 0.15) is 11.1 Å². The minimum Gasteiger partial charge on any atom is -0.258 e. The summed E-state index contributed by atoms with van der Waals surface area (Å²) in [6.45, 7) is 0. The molecule has 0 aliphatic carbocycles. The van der Waals surface area contributed by atoms with Crippen molar-refractivity contribution in [3.8, 4) is 6.07 Å². The van der Waals surface area contributed by atoms with Crippen LogP contribution in [-0.4, -0.2) is 4.92 Å². The largest absolute Gasteiger partial charge is 0.270 e. The SMILES string of the molecule is N#Cc1cc([N+](=O)[O-])ccc1CBr. The number of nitro groups is 1. The summed E-state index contributed by atoms with van der Waals surface area (Å²) in [5.74, 6) is 0. The number of non-ortho nitro benzene ring substituents is 1. The lowest BCUT2D eigenvalue weighted by Crippen LogP contribution is -1.91. The van der Waals surface area contributed by atoms with Gasteiger partial charge in [-0.25, -0.2) is 0 Å². The highest BCUT2D eigenvalue weighted by molar-refractivity contribution is 9.08. The van der Waals surface area contributed by atoms with E-state index in [9.17, 15) is 10.1 Å². The van der Waals surface area contributed by atoms with E-state index < -0.39 is 4.92 Å². The van der Waals surface area contributed by atoms with Gasteiger partial charge >= 0.3 is 0 Å². The van der Waals surface area contributed by atoms with Crippen LogP contribution < -0.4 is 0 Å². The van der Waals surface area contributed by atoms with Gasteiger partial charge in [-0.1, -0.05) is 22.0 Å². The monoisotopic (exact) mass is 240 g/mol. The maximum absolute atomic E-state index is 10.4. The van der Waals surface area contributed by atoms with Gasteiger partial charge < -0.3 is 0 Å². The van der Waals surface area contributed by atoms with Crippen LogP contribution in [0.15, 0.2) is 18.2 Å². The molecule has 13 heavy (non-hydrogen) atoms. The van der Waals surface area contributed by atoms with Crippen LogP contribution in [0.25, 0.3) is 0 Å². The summed E-state index contributed by atoms with van der Waals surface area (Å²) in [7, 11) is 0. The third-order valence-electron chi connectivity index (χ3n) is 1.57. The molecule has 0 N–H and O–H groups in total. The Morgan fingerprint density at radius 2 is 2.31 bits per heavy atom. The van der Waals surface area contributed by atoms with Gasteiger partial charge in [0.25, 0.3) is 5.69 Å². The van der Waals surface area contributed by atoms with Gasteiger partial charge in [-0.05, 0) is 5.56 Å². The van der Waals surface area contributed by atoms with Crippen LogP contribution in [0, 0.1) is 21.4 Å². The number of nitrogens with zero attached hydrogens (tertiary/aromatic N) is 2. The molecule has 0 atom stereocenters. The smallest absolute Gasteiger partial charge is 0.258 e. The Morgan fingerprint density at radius 1 is 1.62 bits per heavy atom. The van der Waals surface area contributed by atoms with E-state index in [1.54, 1.807) is 6.07 Å². The van der Waals surface area contributed by atoms with E-state index >= 15 is 0 Å². The average Bonchev–Trinajstić information content (AvgIpc) is 2.16. The molecule has 0 heterocycles. The number of alkyl halides is 1. The molecule has 0 spiro atoms. The van der Waals surface area contributed by atoms with E-state index in [1.165, 1.54) is 12.1 Å². The number of benzene rings is 1. The van der Waals surface area contributed by atoms with Crippen LogP contribution in [0.4, 0.5) is 5.69 Å². The maximum Gasteiger partial charge on any atom is 0.270 e. The molecule has 0 saturated carbocycles. The fourth-order valence-corrected chi connectivity index (χ4v) is 1.39. The molecule has 1 aromatic carbocycles. The van der Waals surface area contributed by atoms with Crippen molar-refractivity contribution in [2.45, 2.75) is 5.33 Å². The molecule has 66 valence electrons. The second-order valence-electron chi connectivity index (χ2n) is 2.34. The minimum absolute atomic E-state index is 0.0544. The van der Waals surface area contributed by atoms with Gasteiger partial charge in [0.1, 0.15) is 0 Å². The van der Waals surface area contributed by atoms with Crippen LogP contribution >= 0.6 is 15.9 Å². The quantitative estimate of drug-likeness (QED) is 0.453. The molecule has 0 saturated heterocycles. The van der Waals surface area contributed by atoms with Crippen molar-refractivity contribution in [3.63, 3.8) is 0 Å². The third-order valence-corrected chi connectivity index (χ3v) is 2.17. The third kappa shape index (κ3) is 2.04. The summed E-state index contributed by atoms with van der Waals surface area (Å²) in [5, 5.41) is 19.5.